The average molecular weight is 496 g/mol. The van der Waals surface area contributed by atoms with E-state index < -0.39 is 29.2 Å². The van der Waals surface area contributed by atoms with E-state index in [2.05, 4.69) is 0 Å². The molecule has 1 N–H and O–H groups in total. The van der Waals surface area contributed by atoms with E-state index in [1.165, 1.54) is 11.0 Å². The predicted octanol–water partition coefficient (Wildman–Crippen LogP) is 4.77. The van der Waals surface area contributed by atoms with Crippen molar-refractivity contribution in [2.75, 3.05) is 0 Å². The van der Waals surface area contributed by atoms with Gasteiger partial charge in [-0.1, -0.05) is 42.0 Å². The minimum atomic E-state index is -0.673. The molecule has 0 aromatic heterocycles. The molecular weight excluding hydrogens is 466 g/mol. The fraction of sp³-hybridized carbons (Fsp3) is 0.355. The maximum absolute atomic E-state index is 13.8. The van der Waals surface area contributed by atoms with Gasteiger partial charge in [0.15, 0.2) is 11.6 Å². The van der Waals surface area contributed by atoms with E-state index in [1.807, 2.05) is 57.2 Å². The van der Waals surface area contributed by atoms with Gasteiger partial charge in [-0.2, -0.15) is 0 Å². The van der Waals surface area contributed by atoms with Crippen molar-refractivity contribution in [2.24, 2.45) is 17.8 Å². The lowest BCUT2D eigenvalue weighted by molar-refractivity contribution is -0.145. The van der Waals surface area contributed by atoms with Gasteiger partial charge in [0.1, 0.15) is 5.75 Å². The monoisotopic (exact) mass is 495 g/mol. The highest BCUT2D eigenvalue weighted by atomic mass is 16.3. The first-order valence-electron chi connectivity index (χ1n) is 12.8. The molecule has 4 unspecified atom stereocenters. The molecule has 6 rings (SSSR count). The Hall–Kier alpha value is -3.80. The molecule has 0 saturated carbocycles. The van der Waals surface area contributed by atoms with Crippen molar-refractivity contribution in [3.8, 4) is 5.75 Å². The maximum Gasteiger partial charge on any atom is 0.234 e. The summed E-state index contributed by atoms with van der Waals surface area (Å²) in [6, 6.07) is 11.1. The number of phenolic OH excluding ortho intramolecular Hbond substituents is 1. The van der Waals surface area contributed by atoms with Gasteiger partial charge in [0.25, 0.3) is 0 Å². The van der Waals surface area contributed by atoms with Crippen LogP contribution in [0.3, 0.4) is 0 Å². The van der Waals surface area contributed by atoms with E-state index >= 15 is 0 Å². The van der Waals surface area contributed by atoms with Gasteiger partial charge in [-0.3, -0.25) is 24.1 Å². The molecule has 4 atom stereocenters. The van der Waals surface area contributed by atoms with Gasteiger partial charge in [0, 0.05) is 33.7 Å². The number of Topliss-reactive ketones (excluding diaryl/α,β-unsaturated/α-hetero) is 1. The smallest absolute Gasteiger partial charge is 0.234 e. The number of rotatable bonds is 1. The fourth-order valence-electron chi connectivity index (χ4n) is 6.96. The molecule has 37 heavy (non-hydrogen) atoms. The molecule has 3 aliphatic carbocycles. The van der Waals surface area contributed by atoms with Crippen LogP contribution in [0.25, 0.3) is 10.8 Å². The van der Waals surface area contributed by atoms with E-state index in [0.717, 1.165) is 16.3 Å². The molecule has 4 aliphatic rings. The van der Waals surface area contributed by atoms with Crippen molar-refractivity contribution < 1.29 is 24.3 Å². The molecule has 2 aromatic rings. The van der Waals surface area contributed by atoms with Crippen LogP contribution in [0, 0.1) is 17.8 Å². The first-order chi connectivity index (χ1) is 17.5. The van der Waals surface area contributed by atoms with Crippen LogP contribution in [0.5, 0.6) is 5.75 Å². The number of nitrogens with zero attached hydrogens (tertiary/aromatic N) is 1. The SMILES string of the molecule is CC1=CC(=O)C2=C(CC3C(=CCC4C(=O)N(C(C)(C)C)C(=O)C43)C2c2c(O)ccc3ccccc23)C1=O. The lowest BCUT2D eigenvalue weighted by Crippen LogP contribution is -2.46. The Morgan fingerprint density at radius 1 is 0.946 bits per heavy atom. The number of phenols is 1. The quantitative estimate of drug-likeness (QED) is 0.350. The summed E-state index contributed by atoms with van der Waals surface area (Å²) in [6.07, 6.45) is 3.99. The molecule has 0 radical (unpaired) electrons. The van der Waals surface area contributed by atoms with Crippen LogP contribution in [-0.2, 0) is 19.2 Å². The summed E-state index contributed by atoms with van der Waals surface area (Å²) in [6.45, 7) is 7.19. The summed E-state index contributed by atoms with van der Waals surface area (Å²) in [4.78, 5) is 55.5. The van der Waals surface area contributed by atoms with E-state index in [4.69, 9.17) is 0 Å². The predicted molar refractivity (Wildman–Crippen MR) is 139 cm³/mol. The van der Waals surface area contributed by atoms with Crippen molar-refractivity contribution in [2.45, 2.75) is 52.0 Å². The van der Waals surface area contributed by atoms with Crippen LogP contribution in [0.2, 0.25) is 0 Å². The Bertz CT molecular complexity index is 1530. The summed E-state index contributed by atoms with van der Waals surface area (Å²) in [7, 11) is 0. The Morgan fingerprint density at radius 3 is 2.41 bits per heavy atom. The molecule has 1 heterocycles. The van der Waals surface area contributed by atoms with Crippen LogP contribution in [0.4, 0.5) is 0 Å². The van der Waals surface area contributed by atoms with Gasteiger partial charge in [0.2, 0.25) is 11.8 Å². The third kappa shape index (κ3) is 3.24. The summed E-state index contributed by atoms with van der Waals surface area (Å²) in [5, 5.41) is 12.9. The van der Waals surface area contributed by atoms with E-state index in [1.54, 1.807) is 13.0 Å². The molecule has 1 saturated heterocycles. The molecule has 2 amide bonds. The molecule has 1 fully saturated rings. The Kier molecular flexibility index (Phi) is 5.00. The molecule has 188 valence electrons. The number of hydrogen-bond donors (Lipinski definition) is 1. The number of ketones is 2. The number of imide groups is 1. The number of amides is 2. The molecular formula is C31H29NO5. The topological polar surface area (TPSA) is 91.8 Å². The number of hydrogen-bond acceptors (Lipinski definition) is 5. The van der Waals surface area contributed by atoms with Gasteiger partial charge in [-0.25, -0.2) is 0 Å². The van der Waals surface area contributed by atoms with Crippen LogP contribution in [0.1, 0.15) is 52.0 Å². The normalized spacial score (nSPS) is 27.7. The van der Waals surface area contributed by atoms with Crippen molar-refractivity contribution in [1.82, 2.24) is 4.90 Å². The van der Waals surface area contributed by atoms with Gasteiger partial charge in [-0.05, 0) is 69.4 Å². The van der Waals surface area contributed by atoms with Crippen molar-refractivity contribution in [1.29, 1.82) is 0 Å². The number of benzene rings is 2. The van der Waals surface area contributed by atoms with Crippen molar-refractivity contribution >= 4 is 34.2 Å². The molecule has 6 heteroatoms. The molecule has 2 aromatic carbocycles. The fourth-order valence-corrected chi connectivity index (χ4v) is 6.96. The number of fused-ring (bicyclic) bond motifs is 4. The van der Waals surface area contributed by atoms with Gasteiger partial charge >= 0.3 is 0 Å². The van der Waals surface area contributed by atoms with Gasteiger partial charge in [-0.15, -0.1) is 0 Å². The largest absolute Gasteiger partial charge is 0.508 e. The number of likely N-dealkylation sites (tertiary alicyclic amines) is 1. The lowest BCUT2D eigenvalue weighted by Gasteiger charge is -2.42. The first-order valence-corrected chi connectivity index (χ1v) is 12.8. The number of carbonyl (C=O) groups is 4. The molecule has 0 bridgehead atoms. The zero-order valence-electron chi connectivity index (χ0n) is 21.4. The van der Waals surface area contributed by atoms with Gasteiger partial charge < -0.3 is 5.11 Å². The zero-order chi connectivity index (χ0) is 26.4. The second-order valence-electron chi connectivity index (χ2n) is 11.6. The third-order valence-electron chi connectivity index (χ3n) is 8.47. The Morgan fingerprint density at radius 2 is 1.68 bits per heavy atom. The van der Waals surface area contributed by atoms with Crippen molar-refractivity contribution in [3.05, 3.63) is 76.4 Å². The highest BCUT2D eigenvalue weighted by molar-refractivity contribution is 6.24. The van der Waals surface area contributed by atoms with Crippen LogP contribution < -0.4 is 0 Å². The van der Waals surface area contributed by atoms with Crippen LogP contribution in [-0.4, -0.2) is 38.9 Å². The van der Waals surface area contributed by atoms with E-state index in [0.29, 0.717) is 28.7 Å². The second-order valence-corrected chi connectivity index (χ2v) is 11.6. The average Bonchev–Trinajstić information content (AvgIpc) is 3.11. The van der Waals surface area contributed by atoms with Crippen LogP contribution in [0.15, 0.2) is 70.8 Å². The van der Waals surface area contributed by atoms with Gasteiger partial charge in [0.05, 0.1) is 11.8 Å². The zero-order valence-corrected chi connectivity index (χ0v) is 21.4. The number of allylic oxidation sites excluding steroid dienone is 6. The molecule has 1 aliphatic heterocycles. The minimum Gasteiger partial charge on any atom is -0.508 e. The molecule has 0 spiro atoms. The highest BCUT2D eigenvalue weighted by Crippen LogP contribution is 2.57. The Labute approximate surface area is 215 Å². The summed E-state index contributed by atoms with van der Waals surface area (Å²) >= 11 is 0. The van der Waals surface area contributed by atoms with E-state index in [-0.39, 0.29) is 35.6 Å². The second kappa shape index (κ2) is 7.85. The third-order valence-corrected chi connectivity index (χ3v) is 8.47. The minimum absolute atomic E-state index is 0.0379. The number of aromatic hydroxyl groups is 1. The van der Waals surface area contributed by atoms with E-state index in [9.17, 15) is 24.3 Å². The summed E-state index contributed by atoms with van der Waals surface area (Å²) < 4.78 is 0. The summed E-state index contributed by atoms with van der Waals surface area (Å²) in [5.74, 6) is -2.98. The Balaban J connectivity index is 1.60. The first kappa shape index (κ1) is 23.6. The maximum atomic E-state index is 13.8. The standard InChI is InChI=1S/C31H29NO5/c1-15-13-23(34)26-21(28(15)35)14-20-18(10-11-19-24(20)30(37)32(29(19)36)31(2,3)4)27(26)25-17-8-6-5-7-16(17)9-12-22(25)33/h5-10,12-13,19-20,24,27,33H,11,14H2,1-4H3. The molecule has 6 nitrogen and oxygen atoms in total. The van der Waals surface area contributed by atoms with Crippen molar-refractivity contribution in [3.63, 3.8) is 0 Å². The highest BCUT2D eigenvalue weighted by Gasteiger charge is 2.58. The number of carbonyl (C=O) groups excluding carboxylic acids is 4. The summed E-state index contributed by atoms with van der Waals surface area (Å²) in [5.41, 5.74) is 1.91. The van der Waals surface area contributed by atoms with Crippen LogP contribution >= 0.6 is 0 Å². The lowest BCUT2D eigenvalue weighted by atomic mass is 9.59.